The summed E-state index contributed by atoms with van der Waals surface area (Å²) in [6, 6.07) is -0.287. The summed E-state index contributed by atoms with van der Waals surface area (Å²) in [6.07, 6.45) is 1.73. The molecule has 0 aromatic carbocycles. The van der Waals surface area contributed by atoms with E-state index < -0.39 is 21.9 Å². The number of hydrogen-bond donors (Lipinski definition) is 2. The number of carboxylic acid groups (broad SMARTS) is 1. The lowest BCUT2D eigenvalue weighted by Crippen LogP contribution is -2.33. The van der Waals surface area contributed by atoms with E-state index in [0.717, 1.165) is 0 Å². The van der Waals surface area contributed by atoms with Crippen molar-refractivity contribution in [2.45, 2.75) is 57.9 Å². The minimum atomic E-state index is -3.67. The van der Waals surface area contributed by atoms with Gasteiger partial charge >= 0.3 is 5.97 Å². The van der Waals surface area contributed by atoms with E-state index in [1.165, 1.54) is 0 Å². The summed E-state index contributed by atoms with van der Waals surface area (Å²) in [4.78, 5) is 10.8. The Bertz CT molecular complexity index is 574. The molecular formula is C13H22N2O5S. The van der Waals surface area contributed by atoms with Gasteiger partial charge in [0.05, 0.1) is 5.92 Å². The number of aryl methyl sites for hydroxylation is 2. The van der Waals surface area contributed by atoms with Crippen molar-refractivity contribution in [3.05, 3.63) is 11.5 Å². The van der Waals surface area contributed by atoms with Gasteiger partial charge in [0.1, 0.15) is 10.6 Å². The van der Waals surface area contributed by atoms with Crippen LogP contribution in [0.25, 0.3) is 0 Å². The molecule has 0 saturated carbocycles. The van der Waals surface area contributed by atoms with Gasteiger partial charge in [0, 0.05) is 6.04 Å². The molecule has 0 aliphatic rings. The van der Waals surface area contributed by atoms with Gasteiger partial charge in [0.15, 0.2) is 5.76 Å². The van der Waals surface area contributed by atoms with Crippen LogP contribution in [0.5, 0.6) is 0 Å². The zero-order chi connectivity index (χ0) is 16.2. The topological polar surface area (TPSA) is 110 Å². The Morgan fingerprint density at radius 1 is 1.33 bits per heavy atom. The molecule has 21 heavy (non-hydrogen) atoms. The fourth-order valence-electron chi connectivity index (χ4n) is 2.09. The van der Waals surface area contributed by atoms with Crippen molar-refractivity contribution in [2.75, 3.05) is 0 Å². The Morgan fingerprint density at radius 2 is 1.95 bits per heavy atom. The molecule has 0 radical (unpaired) electrons. The predicted molar refractivity (Wildman–Crippen MR) is 76.4 cm³/mol. The van der Waals surface area contributed by atoms with Gasteiger partial charge in [-0.25, -0.2) is 13.1 Å². The molecule has 1 heterocycles. The average Bonchev–Trinajstić information content (AvgIpc) is 2.68. The molecule has 2 atom stereocenters. The first kappa shape index (κ1) is 17.6. The molecule has 1 rings (SSSR count). The van der Waals surface area contributed by atoms with Crippen LogP contribution in [0, 0.1) is 19.8 Å². The number of rotatable bonds is 8. The molecule has 0 amide bonds. The highest BCUT2D eigenvalue weighted by Gasteiger charge is 2.25. The van der Waals surface area contributed by atoms with Crippen LogP contribution in [0.3, 0.4) is 0 Å². The summed E-state index contributed by atoms with van der Waals surface area (Å²) in [5.41, 5.74) is 0.326. The number of nitrogens with zero attached hydrogens (tertiary/aromatic N) is 1. The first-order chi connectivity index (χ1) is 9.65. The van der Waals surface area contributed by atoms with Crippen molar-refractivity contribution < 1.29 is 22.8 Å². The zero-order valence-electron chi connectivity index (χ0n) is 12.7. The van der Waals surface area contributed by atoms with Gasteiger partial charge in [0.2, 0.25) is 10.0 Å². The highest BCUT2D eigenvalue weighted by Crippen LogP contribution is 2.19. The number of carbonyl (C=O) groups is 1. The first-order valence-electron chi connectivity index (χ1n) is 6.83. The summed E-state index contributed by atoms with van der Waals surface area (Å²) < 4.78 is 31.9. The van der Waals surface area contributed by atoms with E-state index in [1.807, 2.05) is 0 Å². The molecule has 1 aromatic heterocycles. The first-order valence-corrected chi connectivity index (χ1v) is 8.31. The summed E-state index contributed by atoms with van der Waals surface area (Å²) in [5, 5.41) is 12.4. The molecule has 0 bridgehead atoms. The molecule has 2 unspecified atom stereocenters. The molecule has 0 spiro atoms. The van der Waals surface area contributed by atoms with Crippen molar-refractivity contribution in [1.82, 2.24) is 9.88 Å². The maximum absolute atomic E-state index is 12.2. The minimum absolute atomic E-state index is 0.0771. The molecule has 0 saturated heterocycles. The second-order valence-corrected chi connectivity index (χ2v) is 7.00. The Labute approximate surface area is 124 Å². The molecule has 7 nitrogen and oxygen atoms in total. The second-order valence-electron chi connectivity index (χ2n) is 5.35. The van der Waals surface area contributed by atoms with Crippen LogP contribution in [0.4, 0.5) is 0 Å². The van der Waals surface area contributed by atoms with Gasteiger partial charge in [0.25, 0.3) is 0 Å². The maximum Gasteiger partial charge on any atom is 0.306 e. The lowest BCUT2D eigenvalue weighted by atomic mass is 10.0. The van der Waals surface area contributed by atoms with Crippen LogP contribution < -0.4 is 4.72 Å². The Balaban J connectivity index is 2.58. The fraction of sp³-hybridized carbons (Fsp3) is 0.692. The van der Waals surface area contributed by atoms with Gasteiger partial charge < -0.3 is 9.63 Å². The van der Waals surface area contributed by atoms with E-state index >= 15 is 0 Å². The smallest absolute Gasteiger partial charge is 0.306 e. The molecule has 1 aromatic rings. The number of aromatic nitrogens is 1. The monoisotopic (exact) mass is 318 g/mol. The van der Waals surface area contributed by atoms with Crippen LogP contribution in [0.15, 0.2) is 9.42 Å². The van der Waals surface area contributed by atoms with Gasteiger partial charge in [-0.05, 0) is 33.6 Å². The largest absolute Gasteiger partial charge is 0.481 e. The third kappa shape index (κ3) is 4.82. The Kier molecular flexibility index (Phi) is 5.91. The minimum Gasteiger partial charge on any atom is -0.481 e. The zero-order valence-corrected chi connectivity index (χ0v) is 13.5. The van der Waals surface area contributed by atoms with Crippen molar-refractivity contribution in [3.8, 4) is 0 Å². The molecule has 0 aliphatic heterocycles. The predicted octanol–water partition coefficient (Wildman–Crippen LogP) is 1.85. The van der Waals surface area contributed by atoms with Crippen molar-refractivity contribution in [3.63, 3.8) is 0 Å². The van der Waals surface area contributed by atoms with Crippen LogP contribution in [-0.2, 0) is 14.8 Å². The average molecular weight is 318 g/mol. The lowest BCUT2D eigenvalue weighted by molar-refractivity contribution is -0.141. The van der Waals surface area contributed by atoms with E-state index in [0.29, 0.717) is 25.0 Å². The summed E-state index contributed by atoms with van der Waals surface area (Å²) in [6.45, 7) is 6.51. The van der Waals surface area contributed by atoms with Crippen molar-refractivity contribution in [1.29, 1.82) is 0 Å². The third-order valence-electron chi connectivity index (χ3n) is 3.29. The number of carboxylic acids is 1. The highest BCUT2D eigenvalue weighted by atomic mass is 32.2. The number of nitrogens with one attached hydrogen (secondary N) is 1. The van der Waals surface area contributed by atoms with Crippen LogP contribution in [0.1, 0.15) is 44.6 Å². The number of sulfonamides is 1. The molecule has 2 N–H and O–H groups in total. The van der Waals surface area contributed by atoms with Gasteiger partial charge in [-0.3, -0.25) is 4.79 Å². The molecule has 0 aliphatic carbocycles. The number of hydrogen-bond acceptors (Lipinski definition) is 5. The molecular weight excluding hydrogens is 296 g/mol. The van der Waals surface area contributed by atoms with Gasteiger partial charge in [-0.2, -0.15) is 0 Å². The van der Waals surface area contributed by atoms with Crippen molar-refractivity contribution >= 4 is 16.0 Å². The van der Waals surface area contributed by atoms with Crippen LogP contribution >= 0.6 is 0 Å². The Morgan fingerprint density at radius 3 is 2.43 bits per heavy atom. The standard InChI is InChI=1S/C13H22N2O5S/c1-8(13(16)17)6-5-7-9(2)15-21(18,19)12-10(3)14-20-11(12)4/h8-9,15H,5-7H2,1-4H3,(H,16,17). The summed E-state index contributed by atoms with van der Waals surface area (Å²) >= 11 is 0. The quantitative estimate of drug-likeness (QED) is 0.757. The highest BCUT2D eigenvalue weighted by molar-refractivity contribution is 7.89. The lowest BCUT2D eigenvalue weighted by Gasteiger charge is -2.14. The van der Waals surface area contributed by atoms with E-state index in [-0.39, 0.29) is 16.7 Å². The summed E-state index contributed by atoms with van der Waals surface area (Å²) in [7, 11) is -3.67. The second kappa shape index (κ2) is 7.04. The van der Waals surface area contributed by atoms with Gasteiger partial charge in [-0.1, -0.05) is 18.5 Å². The molecule has 120 valence electrons. The van der Waals surface area contributed by atoms with E-state index in [1.54, 1.807) is 27.7 Å². The SMILES string of the molecule is Cc1noc(C)c1S(=O)(=O)NC(C)CCCC(C)C(=O)O. The molecule has 0 fully saturated rings. The van der Waals surface area contributed by atoms with E-state index in [2.05, 4.69) is 9.88 Å². The van der Waals surface area contributed by atoms with E-state index in [9.17, 15) is 13.2 Å². The normalized spacial score (nSPS) is 14.9. The van der Waals surface area contributed by atoms with Gasteiger partial charge in [-0.15, -0.1) is 0 Å². The van der Waals surface area contributed by atoms with Crippen molar-refractivity contribution in [2.24, 2.45) is 5.92 Å². The maximum atomic E-state index is 12.2. The number of aliphatic carboxylic acids is 1. The Hall–Kier alpha value is -1.41. The van der Waals surface area contributed by atoms with E-state index in [4.69, 9.17) is 9.63 Å². The third-order valence-corrected chi connectivity index (χ3v) is 5.12. The summed E-state index contributed by atoms with van der Waals surface area (Å²) in [5.74, 6) is -0.998. The van der Waals surface area contributed by atoms with Crippen LogP contribution in [0.2, 0.25) is 0 Å². The van der Waals surface area contributed by atoms with Crippen LogP contribution in [-0.4, -0.2) is 30.7 Å². The fourth-order valence-corrected chi connectivity index (χ4v) is 3.70. The molecule has 8 heteroatoms.